The smallest absolute Gasteiger partial charge is 0.160 e. The molecule has 0 saturated carbocycles. The molecule has 0 atom stereocenters. The summed E-state index contributed by atoms with van der Waals surface area (Å²) < 4.78 is 0. The molecule has 234 valence electrons. The molecule has 2 heterocycles. The average molecular weight is 638 g/mol. The van der Waals surface area contributed by atoms with Crippen LogP contribution in [0.3, 0.4) is 0 Å². The maximum atomic E-state index is 5.14. The SMILES string of the molecule is c1cncc(-c2ccc(-c3cc(-c4ccc(-c5ccc6ccccc6c5)cc4)nc(-c4ccc(-c5cccc6ccccc56)cc4)n3)cc2)c1. The van der Waals surface area contributed by atoms with Crippen LogP contribution in [0, 0.1) is 0 Å². The Bertz CT molecular complexity index is 2600. The van der Waals surface area contributed by atoms with Crippen molar-refractivity contribution in [1.29, 1.82) is 0 Å². The Labute approximate surface area is 291 Å². The first kappa shape index (κ1) is 29.4. The Hall–Kier alpha value is -6.71. The Balaban J connectivity index is 1.10. The van der Waals surface area contributed by atoms with E-state index in [1.54, 1.807) is 6.20 Å². The van der Waals surface area contributed by atoms with Gasteiger partial charge in [0.05, 0.1) is 11.4 Å². The zero-order valence-electron chi connectivity index (χ0n) is 27.2. The molecule has 9 rings (SSSR count). The van der Waals surface area contributed by atoms with Crippen molar-refractivity contribution in [3.8, 4) is 67.3 Å². The first-order chi connectivity index (χ1) is 24.7. The first-order valence-corrected chi connectivity index (χ1v) is 16.8. The normalized spacial score (nSPS) is 11.2. The van der Waals surface area contributed by atoms with Gasteiger partial charge in [-0.2, -0.15) is 0 Å². The van der Waals surface area contributed by atoms with Gasteiger partial charge in [-0.25, -0.2) is 9.97 Å². The minimum atomic E-state index is 0.692. The molecular formula is C47H31N3. The van der Waals surface area contributed by atoms with Crippen LogP contribution in [0.15, 0.2) is 188 Å². The number of nitrogens with zero attached hydrogens (tertiary/aromatic N) is 3. The second kappa shape index (κ2) is 12.7. The van der Waals surface area contributed by atoms with Crippen molar-refractivity contribution < 1.29 is 0 Å². The largest absolute Gasteiger partial charge is 0.264 e. The molecule has 0 amide bonds. The predicted molar refractivity (Wildman–Crippen MR) is 207 cm³/mol. The number of fused-ring (bicyclic) bond motifs is 2. The third kappa shape index (κ3) is 5.72. The van der Waals surface area contributed by atoms with E-state index < -0.39 is 0 Å². The van der Waals surface area contributed by atoms with Gasteiger partial charge < -0.3 is 0 Å². The Morgan fingerprint density at radius 3 is 1.58 bits per heavy atom. The van der Waals surface area contributed by atoms with Gasteiger partial charge in [-0.05, 0) is 73.1 Å². The van der Waals surface area contributed by atoms with Gasteiger partial charge in [-0.1, -0.05) is 158 Å². The molecule has 0 aliphatic heterocycles. The number of aromatic nitrogens is 3. The molecule has 0 aliphatic rings. The molecule has 7 aromatic carbocycles. The quantitative estimate of drug-likeness (QED) is 0.182. The summed E-state index contributed by atoms with van der Waals surface area (Å²) in [5.41, 5.74) is 11.7. The number of hydrogen-bond acceptors (Lipinski definition) is 3. The van der Waals surface area contributed by atoms with Crippen LogP contribution in [0.5, 0.6) is 0 Å². The highest BCUT2D eigenvalue weighted by molar-refractivity contribution is 5.97. The first-order valence-electron chi connectivity index (χ1n) is 16.8. The molecule has 0 radical (unpaired) electrons. The predicted octanol–water partition coefficient (Wildman–Crippen LogP) is 12.2. The Morgan fingerprint density at radius 1 is 0.320 bits per heavy atom. The molecule has 3 nitrogen and oxygen atoms in total. The van der Waals surface area contributed by atoms with E-state index in [0.29, 0.717) is 5.82 Å². The van der Waals surface area contributed by atoms with E-state index in [0.717, 1.165) is 44.8 Å². The summed E-state index contributed by atoms with van der Waals surface area (Å²) >= 11 is 0. The lowest BCUT2D eigenvalue weighted by atomic mass is 9.97. The fraction of sp³-hybridized carbons (Fsp3) is 0. The summed E-state index contributed by atoms with van der Waals surface area (Å²) in [6.07, 6.45) is 3.68. The molecule has 0 spiro atoms. The zero-order chi connectivity index (χ0) is 33.3. The van der Waals surface area contributed by atoms with Gasteiger partial charge in [-0.3, -0.25) is 4.98 Å². The topological polar surface area (TPSA) is 38.7 Å². The van der Waals surface area contributed by atoms with E-state index in [1.165, 1.54) is 38.2 Å². The molecule has 2 aromatic heterocycles. The molecule has 3 heteroatoms. The molecule has 0 N–H and O–H groups in total. The van der Waals surface area contributed by atoms with E-state index in [-0.39, 0.29) is 0 Å². The van der Waals surface area contributed by atoms with Crippen molar-refractivity contribution in [3.05, 3.63) is 188 Å². The highest BCUT2D eigenvalue weighted by Gasteiger charge is 2.13. The number of hydrogen-bond donors (Lipinski definition) is 0. The summed E-state index contributed by atoms with van der Waals surface area (Å²) in [5, 5.41) is 4.95. The lowest BCUT2D eigenvalue weighted by Crippen LogP contribution is -1.96. The van der Waals surface area contributed by atoms with Crippen LogP contribution in [0.1, 0.15) is 0 Å². The van der Waals surface area contributed by atoms with E-state index in [4.69, 9.17) is 9.97 Å². The zero-order valence-corrected chi connectivity index (χ0v) is 27.2. The third-order valence-electron chi connectivity index (χ3n) is 9.41. The van der Waals surface area contributed by atoms with Gasteiger partial charge in [0.25, 0.3) is 0 Å². The van der Waals surface area contributed by atoms with Crippen LogP contribution >= 0.6 is 0 Å². The molecule has 0 fully saturated rings. The van der Waals surface area contributed by atoms with Crippen LogP contribution in [0.2, 0.25) is 0 Å². The maximum Gasteiger partial charge on any atom is 0.160 e. The summed E-state index contributed by atoms with van der Waals surface area (Å²) in [6, 6.07) is 62.0. The van der Waals surface area contributed by atoms with Crippen LogP contribution in [-0.4, -0.2) is 15.0 Å². The fourth-order valence-corrected chi connectivity index (χ4v) is 6.72. The maximum absolute atomic E-state index is 5.14. The molecule has 0 saturated heterocycles. The van der Waals surface area contributed by atoms with Gasteiger partial charge in [0, 0.05) is 29.1 Å². The number of benzene rings is 7. The van der Waals surface area contributed by atoms with E-state index in [9.17, 15) is 0 Å². The van der Waals surface area contributed by atoms with Gasteiger partial charge in [0.1, 0.15) is 0 Å². The van der Waals surface area contributed by atoms with Gasteiger partial charge in [-0.15, -0.1) is 0 Å². The molecule has 0 bridgehead atoms. The molecular weight excluding hydrogens is 607 g/mol. The molecule has 0 aliphatic carbocycles. The highest BCUT2D eigenvalue weighted by Crippen LogP contribution is 2.33. The Kier molecular flexibility index (Phi) is 7.49. The van der Waals surface area contributed by atoms with E-state index in [2.05, 4.69) is 175 Å². The summed E-state index contributed by atoms with van der Waals surface area (Å²) in [5.74, 6) is 0.692. The lowest BCUT2D eigenvalue weighted by molar-refractivity contribution is 1.18. The molecule has 50 heavy (non-hydrogen) atoms. The minimum absolute atomic E-state index is 0.692. The number of rotatable bonds is 6. The monoisotopic (exact) mass is 637 g/mol. The van der Waals surface area contributed by atoms with Crippen LogP contribution in [-0.2, 0) is 0 Å². The standard InChI is InChI=1S/C47H31N3/c1-2-9-40-29-41(27-18-32(40)7-1)33-14-21-37(22-15-33)45-30-46(38-23-16-34(17-24-38)42-11-6-28-48-31-42)50-47(49-45)39-25-19-36(20-26-39)44-13-5-10-35-8-3-4-12-43(35)44/h1-31H. The second-order valence-electron chi connectivity index (χ2n) is 12.5. The van der Waals surface area contributed by atoms with Crippen molar-refractivity contribution in [1.82, 2.24) is 15.0 Å². The van der Waals surface area contributed by atoms with Crippen LogP contribution in [0.4, 0.5) is 0 Å². The van der Waals surface area contributed by atoms with E-state index in [1.807, 2.05) is 12.3 Å². The van der Waals surface area contributed by atoms with Crippen LogP contribution in [0.25, 0.3) is 88.8 Å². The van der Waals surface area contributed by atoms with Crippen molar-refractivity contribution in [2.45, 2.75) is 0 Å². The third-order valence-corrected chi connectivity index (χ3v) is 9.41. The fourth-order valence-electron chi connectivity index (χ4n) is 6.72. The van der Waals surface area contributed by atoms with Gasteiger partial charge >= 0.3 is 0 Å². The van der Waals surface area contributed by atoms with E-state index >= 15 is 0 Å². The molecule has 9 aromatic rings. The minimum Gasteiger partial charge on any atom is -0.264 e. The number of pyridine rings is 1. The molecule has 0 unspecified atom stereocenters. The summed E-state index contributed by atoms with van der Waals surface area (Å²) in [4.78, 5) is 14.6. The Morgan fingerprint density at radius 2 is 0.880 bits per heavy atom. The van der Waals surface area contributed by atoms with Gasteiger partial charge in [0.2, 0.25) is 0 Å². The van der Waals surface area contributed by atoms with Crippen molar-refractivity contribution in [2.75, 3.05) is 0 Å². The summed E-state index contributed by atoms with van der Waals surface area (Å²) in [7, 11) is 0. The average Bonchev–Trinajstić information content (AvgIpc) is 3.21. The van der Waals surface area contributed by atoms with Crippen molar-refractivity contribution in [2.24, 2.45) is 0 Å². The van der Waals surface area contributed by atoms with Crippen molar-refractivity contribution in [3.63, 3.8) is 0 Å². The lowest BCUT2D eigenvalue weighted by Gasteiger charge is -2.12. The second-order valence-corrected chi connectivity index (χ2v) is 12.5. The van der Waals surface area contributed by atoms with Crippen LogP contribution < -0.4 is 0 Å². The highest BCUT2D eigenvalue weighted by atomic mass is 14.9. The van der Waals surface area contributed by atoms with Crippen molar-refractivity contribution >= 4 is 21.5 Å². The van der Waals surface area contributed by atoms with Gasteiger partial charge in [0.15, 0.2) is 5.82 Å². The summed E-state index contributed by atoms with van der Waals surface area (Å²) in [6.45, 7) is 0.